The molecule has 26 heavy (non-hydrogen) atoms. The van der Waals surface area contributed by atoms with Crippen molar-refractivity contribution >= 4 is 6.03 Å². The lowest BCUT2D eigenvalue weighted by Gasteiger charge is -2.41. The van der Waals surface area contributed by atoms with E-state index in [4.69, 9.17) is 0 Å². The maximum absolute atomic E-state index is 13.1. The van der Waals surface area contributed by atoms with E-state index < -0.39 is 0 Å². The van der Waals surface area contributed by atoms with Crippen molar-refractivity contribution in [1.82, 2.24) is 20.0 Å². The van der Waals surface area contributed by atoms with Gasteiger partial charge in [-0.25, -0.2) is 9.18 Å². The van der Waals surface area contributed by atoms with E-state index in [0.717, 1.165) is 38.0 Å². The Kier molecular flexibility index (Phi) is 5.14. The number of nitrogens with one attached hydrogen (secondary N) is 1. The molecule has 0 saturated carbocycles. The molecule has 5 nitrogen and oxygen atoms in total. The van der Waals surface area contributed by atoms with E-state index in [1.807, 2.05) is 4.90 Å². The van der Waals surface area contributed by atoms with Crippen molar-refractivity contribution in [3.63, 3.8) is 0 Å². The summed E-state index contributed by atoms with van der Waals surface area (Å²) in [6.45, 7) is 5.17. The molecule has 1 N–H and O–H groups in total. The van der Waals surface area contributed by atoms with E-state index in [1.54, 1.807) is 12.1 Å². The van der Waals surface area contributed by atoms with Gasteiger partial charge in [0.25, 0.3) is 0 Å². The summed E-state index contributed by atoms with van der Waals surface area (Å²) in [5.41, 5.74) is 1.02. The van der Waals surface area contributed by atoms with Gasteiger partial charge < -0.3 is 15.1 Å². The van der Waals surface area contributed by atoms with Crippen LogP contribution in [0.5, 0.6) is 0 Å². The van der Waals surface area contributed by atoms with Gasteiger partial charge in [0.2, 0.25) is 0 Å². The monoisotopic (exact) mass is 360 g/mol. The van der Waals surface area contributed by atoms with E-state index in [0.29, 0.717) is 6.04 Å². The molecular formula is C20H29FN4O. The highest BCUT2D eigenvalue weighted by Gasteiger charge is 2.36. The first-order chi connectivity index (χ1) is 12.6. The number of urea groups is 1. The van der Waals surface area contributed by atoms with Gasteiger partial charge in [0.05, 0.1) is 6.04 Å². The van der Waals surface area contributed by atoms with Crippen LogP contribution in [-0.4, -0.2) is 72.6 Å². The zero-order chi connectivity index (χ0) is 18.1. The number of hydrogen-bond acceptors (Lipinski definition) is 3. The smallest absolute Gasteiger partial charge is 0.318 e. The fourth-order valence-electron chi connectivity index (χ4n) is 4.52. The lowest BCUT2D eigenvalue weighted by Crippen LogP contribution is -2.53. The molecule has 0 spiro atoms. The third kappa shape index (κ3) is 3.71. The Hall–Kier alpha value is -1.66. The van der Waals surface area contributed by atoms with Gasteiger partial charge in [-0.05, 0) is 63.5 Å². The summed E-state index contributed by atoms with van der Waals surface area (Å²) in [5.74, 6) is -0.232. The predicted octanol–water partition coefficient (Wildman–Crippen LogP) is 2.45. The van der Waals surface area contributed by atoms with Gasteiger partial charge in [0.15, 0.2) is 0 Å². The van der Waals surface area contributed by atoms with Gasteiger partial charge in [-0.1, -0.05) is 12.1 Å². The van der Waals surface area contributed by atoms with Crippen LogP contribution in [0.25, 0.3) is 0 Å². The molecule has 3 aliphatic heterocycles. The topological polar surface area (TPSA) is 38.8 Å². The Morgan fingerprint density at radius 1 is 1.04 bits per heavy atom. The Balaban J connectivity index is 1.28. The molecule has 1 aromatic carbocycles. The van der Waals surface area contributed by atoms with Crippen molar-refractivity contribution in [1.29, 1.82) is 0 Å². The molecule has 2 amide bonds. The third-order valence-corrected chi connectivity index (χ3v) is 6.29. The third-order valence-electron chi connectivity index (χ3n) is 6.29. The minimum Gasteiger partial charge on any atom is -0.334 e. The van der Waals surface area contributed by atoms with Crippen LogP contribution >= 0.6 is 0 Å². The van der Waals surface area contributed by atoms with Crippen LogP contribution < -0.4 is 5.32 Å². The number of likely N-dealkylation sites (tertiary alicyclic amines) is 3. The molecule has 0 bridgehead atoms. The van der Waals surface area contributed by atoms with Crippen molar-refractivity contribution in [2.24, 2.45) is 0 Å². The Morgan fingerprint density at radius 3 is 2.42 bits per heavy atom. The second-order valence-corrected chi connectivity index (χ2v) is 8.01. The molecule has 1 aromatic rings. The lowest BCUT2D eigenvalue weighted by molar-refractivity contribution is 0.111. The molecule has 0 radical (unpaired) electrons. The normalized spacial score (nSPS) is 28.2. The molecule has 6 heteroatoms. The number of halogens is 1. The number of benzene rings is 1. The highest BCUT2D eigenvalue weighted by atomic mass is 19.1. The number of carbonyl (C=O) groups excluding carboxylic acids is 1. The van der Waals surface area contributed by atoms with Crippen LogP contribution in [0.3, 0.4) is 0 Å². The minimum atomic E-state index is -0.232. The first kappa shape index (κ1) is 17.7. The van der Waals surface area contributed by atoms with Gasteiger partial charge in [-0.2, -0.15) is 0 Å². The van der Waals surface area contributed by atoms with Gasteiger partial charge >= 0.3 is 6.03 Å². The summed E-state index contributed by atoms with van der Waals surface area (Å²) in [5, 5.41) is 3.23. The summed E-state index contributed by atoms with van der Waals surface area (Å²) >= 11 is 0. The van der Waals surface area contributed by atoms with E-state index >= 15 is 0 Å². The molecule has 0 aromatic heterocycles. The predicted molar refractivity (Wildman–Crippen MR) is 99.5 cm³/mol. The fourth-order valence-corrected chi connectivity index (χ4v) is 4.52. The Bertz CT molecular complexity index is 629. The SMILES string of the molecule is CN1CCC(N2CCC(NC(=O)N3CCC3c3ccc(F)cc3)C2)CC1. The van der Waals surface area contributed by atoms with Crippen LogP contribution in [-0.2, 0) is 0 Å². The highest BCUT2D eigenvalue weighted by Crippen LogP contribution is 2.33. The number of carbonyl (C=O) groups is 1. The molecule has 4 rings (SSSR count). The van der Waals surface area contributed by atoms with Crippen LogP contribution in [0, 0.1) is 5.82 Å². The van der Waals surface area contributed by atoms with E-state index in [2.05, 4.69) is 22.2 Å². The van der Waals surface area contributed by atoms with Crippen LogP contribution in [0.1, 0.15) is 37.3 Å². The molecule has 3 heterocycles. The summed E-state index contributed by atoms with van der Waals surface area (Å²) in [6.07, 6.45) is 4.45. The summed E-state index contributed by atoms with van der Waals surface area (Å²) in [6, 6.07) is 7.55. The van der Waals surface area contributed by atoms with E-state index in [9.17, 15) is 9.18 Å². The second kappa shape index (κ2) is 7.53. The van der Waals surface area contributed by atoms with Crippen LogP contribution in [0.15, 0.2) is 24.3 Å². The van der Waals surface area contributed by atoms with Crippen molar-refractivity contribution in [2.75, 3.05) is 39.8 Å². The molecule has 0 aliphatic carbocycles. The first-order valence-electron chi connectivity index (χ1n) is 9.85. The summed E-state index contributed by atoms with van der Waals surface area (Å²) in [4.78, 5) is 19.5. The van der Waals surface area contributed by atoms with Crippen LogP contribution in [0.2, 0.25) is 0 Å². The van der Waals surface area contributed by atoms with E-state index in [-0.39, 0.29) is 23.9 Å². The maximum atomic E-state index is 13.1. The van der Waals surface area contributed by atoms with Crippen molar-refractivity contribution in [3.05, 3.63) is 35.6 Å². The average molecular weight is 360 g/mol. The number of hydrogen-bond donors (Lipinski definition) is 1. The average Bonchev–Trinajstić information content (AvgIpc) is 3.05. The standard InChI is InChI=1S/C20H29FN4O/c1-23-10-7-18(8-11-23)24-12-6-17(14-24)22-20(26)25-13-9-19(25)15-2-4-16(21)5-3-15/h2-5,17-19H,6-14H2,1H3,(H,22,26). The largest absolute Gasteiger partial charge is 0.334 e. The number of rotatable bonds is 3. The lowest BCUT2D eigenvalue weighted by atomic mass is 9.95. The van der Waals surface area contributed by atoms with E-state index in [1.165, 1.54) is 38.1 Å². The van der Waals surface area contributed by atoms with Crippen molar-refractivity contribution in [2.45, 2.75) is 43.8 Å². The van der Waals surface area contributed by atoms with Gasteiger partial charge in [0, 0.05) is 31.7 Å². The first-order valence-corrected chi connectivity index (χ1v) is 9.85. The highest BCUT2D eigenvalue weighted by molar-refractivity contribution is 5.76. The quantitative estimate of drug-likeness (QED) is 0.900. The molecule has 2 unspecified atom stereocenters. The molecule has 3 fully saturated rings. The Morgan fingerprint density at radius 2 is 1.77 bits per heavy atom. The van der Waals surface area contributed by atoms with Gasteiger partial charge in [-0.3, -0.25) is 4.90 Å². The Labute approximate surface area is 155 Å². The summed E-state index contributed by atoms with van der Waals surface area (Å²) in [7, 11) is 2.19. The zero-order valence-electron chi connectivity index (χ0n) is 15.5. The van der Waals surface area contributed by atoms with Crippen LogP contribution in [0.4, 0.5) is 9.18 Å². The second-order valence-electron chi connectivity index (χ2n) is 8.01. The molecule has 142 valence electrons. The maximum Gasteiger partial charge on any atom is 0.318 e. The molecule has 2 atom stereocenters. The van der Waals surface area contributed by atoms with Crippen molar-refractivity contribution in [3.8, 4) is 0 Å². The minimum absolute atomic E-state index is 0.0285. The number of amides is 2. The van der Waals surface area contributed by atoms with Gasteiger partial charge in [-0.15, -0.1) is 0 Å². The van der Waals surface area contributed by atoms with Gasteiger partial charge in [0.1, 0.15) is 5.82 Å². The zero-order valence-corrected chi connectivity index (χ0v) is 15.5. The summed E-state index contributed by atoms with van der Waals surface area (Å²) < 4.78 is 13.1. The number of piperidine rings is 1. The molecule has 3 aliphatic rings. The number of nitrogens with zero attached hydrogens (tertiary/aromatic N) is 3. The molecular weight excluding hydrogens is 331 g/mol. The van der Waals surface area contributed by atoms with Crippen molar-refractivity contribution < 1.29 is 9.18 Å². The fraction of sp³-hybridized carbons (Fsp3) is 0.650. The molecule has 3 saturated heterocycles.